The Balaban J connectivity index is 1.19. The van der Waals surface area contributed by atoms with Gasteiger partial charge in [0.2, 0.25) is 23.5 Å². The fraction of sp³-hybridized carbons (Fsp3) is 0.524. The van der Waals surface area contributed by atoms with Crippen molar-refractivity contribution in [1.29, 1.82) is 0 Å². The average molecular weight is 396 g/mol. The van der Waals surface area contributed by atoms with Crippen molar-refractivity contribution in [1.82, 2.24) is 19.9 Å². The normalized spacial score (nSPS) is 25.6. The Hall–Kier alpha value is -2.74. The fourth-order valence-corrected chi connectivity index (χ4v) is 4.91. The molecule has 0 radical (unpaired) electrons. The number of nitrogens with zero attached hydrogens (tertiary/aromatic N) is 4. The second kappa shape index (κ2) is 6.95. The van der Waals surface area contributed by atoms with Crippen LogP contribution in [0.1, 0.15) is 37.1 Å². The molecule has 29 heavy (non-hydrogen) atoms. The summed E-state index contributed by atoms with van der Waals surface area (Å²) in [5.74, 6) is 1.28. The van der Waals surface area contributed by atoms with Gasteiger partial charge in [-0.1, -0.05) is 29.4 Å². The highest BCUT2D eigenvalue weighted by Gasteiger charge is 2.62. The molecule has 152 valence electrons. The van der Waals surface area contributed by atoms with E-state index in [1.165, 1.54) is 0 Å². The lowest BCUT2D eigenvalue weighted by Crippen LogP contribution is -2.48. The van der Waals surface area contributed by atoms with Gasteiger partial charge in [-0.25, -0.2) is 0 Å². The molecule has 5 rings (SSSR count). The molecule has 8 heteroatoms. The molecule has 1 spiro atoms. The van der Waals surface area contributed by atoms with Crippen LogP contribution in [-0.2, 0) is 20.7 Å². The third-order valence-corrected chi connectivity index (χ3v) is 6.36. The van der Waals surface area contributed by atoms with Crippen molar-refractivity contribution >= 4 is 11.8 Å². The minimum Gasteiger partial charge on any atom is -0.351 e. The van der Waals surface area contributed by atoms with E-state index in [9.17, 15) is 9.59 Å². The topological polar surface area (TPSA) is 88.8 Å². The molecule has 0 N–H and O–H groups in total. The van der Waals surface area contributed by atoms with Crippen LogP contribution in [0.25, 0.3) is 11.4 Å². The highest BCUT2D eigenvalue weighted by molar-refractivity contribution is 5.84. The molecular weight excluding hydrogens is 372 g/mol. The second-order valence-electron chi connectivity index (χ2n) is 7.98. The van der Waals surface area contributed by atoms with E-state index in [2.05, 4.69) is 10.1 Å². The first-order valence-electron chi connectivity index (χ1n) is 10.2. The van der Waals surface area contributed by atoms with E-state index in [0.29, 0.717) is 63.5 Å². The molecule has 1 aromatic heterocycles. The van der Waals surface area contributed by atoms with Crippen LogP contribution in [0, 0.1) is 6.92 Å². The number of aromatic nitrogens is 2. The number of likely N-dealkylation sites (tertiary alicyclic amines) is 1. The van der Waals surface area contributed by atoms with Gasteiger partial charge in [0.15, 0.2) is 5.72 Å². The first-order valence-corrected chi connectivity index (χ1v) is 10.2. The van der Waals surface area contributed by atoms with E-state index in [1.54, 1.807) is 0 Å². The van der Waals surface area contributed by atoms with E-state index in [1.807, 2.05) is 41.0 Å². The maximum Gasteiger partial charge on any atom is 0.227 e. The van der Waals surface area contributed by atoms with E-state index in [-0.39, 0.29) is 17.9 Å². The second-order valence-corrected chi connectivity index (χ2v) is 7.98. The molecule has 3 fully saturated rings. The number of aryl methyl sites for hydroxylation is 2. The molecule has 4 heterocycles. The van der Waals surface area contributed by atoms with Gasteiger partial charge in [0, 0.05) is 37.9 Å². The molecule has 0 saturated carbocycles. The van der Waals surface area contributed by atoms with E-state index in [0.717, 1.165) is 11.1 Å². The molecule has 1 aromatic carbocycles. The standard InChI is InChI=1S/C21H24N4O4/c1-14-5-2-3-6-15(14)20-22-17(29-23-20)7-4-8-18(26)24-10-9-21-16(24)13-19(27)25(21)11-12-28-21/h2-3,5-6,16H,4,7-13H2,1H3/t16-,21+/m1/s1. The Labute approximate surface area is 168 Å². The summed E-state index contributed by atoms with van der Waals surface area (Å²) in [5, 5.41) is 4.07. The number of amides is 2. The molecule has 3 aliphatic rings. The van der Waals surface area contributed by atoms with Crippen LogP contribution >= 0.6 is 0 Å². The van der Waals surface area contributed by atoms with Gasteiger partial charge in [0.1, 0.15) is 0 Å². The summed E-state index contributed by atoms with van der Waals surface area (Å²) in [5.41, 5.74) is 1.47. The lowest BCUT2D eigenvalue weighted by molar-refractivity contribution is -0.139. The third-order valence-electron chi connectivity index (χ3n) is 6.36. The molecule has 3 saturated heterocycles. The van der Waals surface area contributed by atoms with Gasteiger partial charge in [-0.15, -0.1) is 0 Å². The van der Waals surface area contributed by atoms with Crippen molar-refractivity contribution in [2.75, 3.05) is 19.7 Å². The van der Waals surface area contributed by atoms with Crippen LogP contribution in [0.2, 0.25) is 0 Å². The predicted molar refractivity (Wildman–Crippen MR) is 103 cm³/mol. The van der Waals surface area contributed by atoms with Gasteiger partial charge in [0.05, 0.1) is 19.1 Å². The maximum atomic E-state index is 12.8. The zero-order valence-electron chi connectivity index (χ0n) is 16.5. The van der Waals surface area contributed by atoms with Crippen LogP contribution in [-0.4, -0.2) is 63.2 Å². The largest absolute Gasteiger partial charge is 0.351 e. The lowest BCUT2D eigenvalue weighted by atomic mass is 10.1. The number of hydrogen-bond acceptors (Lipinski definition) is 6. The number of benzene rings is 1. The maximum absolute atomic E-state index is 12.8. The minimum absolute atomic E-state index is 0.0654. The molecule has 0 bridgehead atoms. The van der Waals surface area contributed by atoms with Crippen molar-refractivity contribution in [2.24, 2.45) is 0 Å². The van der Waals surface area contributed by atoms with Crippen LogP contribution < -0.4 is 0 Å². The van der Waals surface area contributed by atoms with Crippen LogP contribution in [0.3, 0.4) is 0 Å². The number of rotatable bonds is 5. The van der Waals surface area contributed by atoms with Crippen LogP contribution in [0.5, 0.6) is 0 Å². The number of ether oxygens (including phenoxy) is 1. The summed E-state index contributed by atoms with van der Waals surface area (Å²) in [6.45, 7) is 3.85. The molecule has 8 nitrogen and oxygen atoms in total. The third kappa shape index (κ3) is 2.93. The fourth-order valence-electron chi connectivity index (χ4n) is 4.91. The van der Waals surface area contributed by atoms with Gasteiger partial charge >= 0.3 is 0 Å². The molecule has 2 aromatic rings. The van der Waals surface area contributed by atoms with Crippen molar-refractivity contribution < 1.29 is 18.8 Å². The number of carbonyl (C=O) groups is 2. The summed E-state index contributed by atoms with van der Waals surface area (Å²) in [6.07, 6.45) is 2.65. The van der Waals surface area contributed by atoms with Gasteiger partial charge < -0.3 is 19.1 Å². The number of hydrogen-bond donors (Lipinski definition) is 0. The Morgan fingerprint density at radius 1 is 1.31 bits per heavy atom. The summed E-state index contributed by atoms with van der Waals surface area (Å²) >= 11 is 0. The zero-order valence-corrected chi connectivity index (χ0v) is 16.5. The summed E-state index contributed by atoms with van der Waals surface area (Å²) < 4.78 is 11.3. The van der Waals surface area contributed by atoms with Crippen molar-refractivity contribution in [3.63, 3.8) is 0 Å². The molecule has 2 amide bonds. The van der Waals surface area contributed by atoms with Crippen molar-refractivity contribution in [3.8, 4) is 11.4 Å². The van der Waals surface area contributed by atoms with Gasteiger partial charge in [-0.05, 0) is 18.9 Å². The van der Waals surface area contributed by atoms with Crippen molar-refractivity contribution in [3.05, 3.63) is 35.7 Å². The predicted octanol–water partition coefficient (Wildman–Crippen LogP) is 1.93. The molecule has 0 aliphatic carbocycles. The highest BCUT2D eigenvalue weighted by Crippen LogP contribution is 2.45. The number of carbonyl (C=O) groups excluding carboxylic acids is 2. The first kappa shape index (κ1) is 18.3. The van der Waals surface area contributed by atoms with Crippen molar-refractivity contribution in [2.45, 2.75) is 50.8 Å². The Kier molecular flexibility index (Phi) is 4.38. The van der Waals surface area contributed by atoms with Crippen LogP contribution in [0.4, 0.5) is 0 Å². The van der Waals surface area contributed by atoms with E-state index in [4.69, 9.17) is 9.26 Å². The average Bonchev–Trinajstić information content (AvgIpc) is 3.45. The monoisotopic (exact) mass is 396 g/mol. The Bertz CT molecular complexity index is 958. The highest BCUT2D eigenvalue weighted by atomic mass is 16.5. The zero-order chi connectivity index (χ0) is 20.0. The smallest absolute Gasteiger partial charge is 0.227 e. The molecule has 3 aliphatic heterocycles. The Morgan fingerprint density at radius 2 is 2.17 bits per heavy atom. The van der Waals surface area contributed by atoms with Gasteiger partial charge in [-0.2, -0.15) is 4.98 Å². The molecule has 2 atom stereocenters. The quantitative estimate of drug-likeness (QED) is 0.767. The molecular formula is C21H24N4O4. The first-order chi connectivity index (χ1) is 14.1. The summed E-state index contributed by atoms with van der Waals surface area (Å²) in [7, 11) is 0. The lowest BCUT2D eigenvalue weighted by Gasteiger charge is -2.31. The van der Waals surface area contributed by atoms with E-state index < -0.39 is 5.72 Å². The van der Waals surface area contributed by atoms with Crippen LogP contribution in [0.15, 0.2) is 28.8 Å². The SMILES string of the molecule is Cc1ccccc1-c1noc(CCCC(=O)N2CC[C@@]34OCCN3C(=O)C[C@@H]24)n1. The minimum atomic E-state index is -0.568. The van der Waals surface area contributed by atoms with E-state index >= 15 is 0 Å². The Morgan fingerprint density at radius 3 is 3.03 bits per heavy atom. The summed E-state index contributed by atoms with van der Waals surface area (Å²) in [6, 6.07) is 7.75. The molecule has 0 unspecified atom stereocenters. The summed E-state index contributed by atoms with van der Waals surface area (Å²) in [4.78, 5) is 33.2. The van der Waals surface area contributed by atoms with Gasteiger partial charge in [-0.3, -0.25) is 9.59 Å². The van der Waals surface area contributed by atoms with Gasteiger partial charge in [0.25, 0.3) is 0 Å².